The van der Waals surface area contributed by atoms with Crippen LogP contribution in [-0.4, -0.2) is 32.0 Å². The van der Waals surface area contributed by atoms with E-state index in [0.717, 1.165) is 0 Å². The fourth-order valence-corrected chi connectivity index (χ4v) is 0.713. The lowest BCUT2D eigenvalue weighted by Crippen LogP contribution is -2.43. The van der Waals surface area contributed by atoms with Crippen LogP contribution in [0, 0.1) is 0 Å². The normalized spacial score (nSPS) is 11.8. The van der Waals surface area contributed by atoms with Gasteiger partial charge >= 0.3 is 0 Å². The molecule has 0 aliphatic heterocycles. The van der Waals surface area contributed by atoms with Crippen LogP contribution in [0.15, 0.2) is 0 Å². The summed E-state index contributed by atoms with van der Waals surface area (Å²) in [4.78, 5) is 20.9. The third-order valence-corrected chi connectivity index (χ3v) is 1.29. The Hall–Kier alpha value is -1.10. The molecule has 1 atom stereocenters. The first-order valence-corrected chi connectivity index (χ1v) is 3.37. The number of hydrogen-bond acceptors (Lipinski definition) is 3. The predicted molar refractivity (Wildman–Crippen MR) is 40.7 cm³/mol. The third kappa shape index (κ3) is 3.57. The van der Waals surface area contributed by atoms with Gasteiger partial charge in [-0.15, -0.1) is 0 Å². The van der Waals surface area contributed by atoms with Crippen molar-refractivity contribution in [3.05, 3.63) is 0 Å². The number of likely N-dealkylation sites (N-methyl/N-ethyl adjacent to an activating group) is 1. The lowest BCUT2D eigenvalue weighted by molar-refractivity contribution is -0.125. The Morgan fingerprint density at radius 2 is 2.36 bits per heavy atom. The summed E-state index contributed by atoms with van der Waals surface area (Å²) in [7, 11) is 1.51. The van der Waals surface area contributed by atoms with Crippen molar-refractivity contribution in [3.8, 4) is 0 Å². The Morgan fingerprint density at radius 1 is 1.73 bits per heavy atom. The van der Waals surface area contributed by atoms with E-state index < -0.39 is 6.04 Å². The van der Waals surface area contributed by atoms with Gasteiger partial charge in [0.2, 0.25) is 12.3 Å². The zero-order valence-electron chi connectivity index (χ0n) is 6.46. The van der Waals surface area contributed by atoms with Crippen LogP contribution in [0.3, 0.4) is 0 Å². The minimum atomic E-state index is -0.498. The van der Waals surface area contributed by atoms with Crippen molar-refractivity contribution in [2.45, 2.75) is 12.5 Å². The van der Waals surface area contributed by atoms with E-state index in [1.807, 2.05) is 0 Å². The summed E-state index contributed by atoms with van der Waals surface area (Å²) in [5.74, 6) is -0.220. The van der Waals surface area contributed by atoms with Crippen molar-refractivity contribution in [1.82, 2.24) is 10.6 Å². The van der Waals surface area contributed by atoms with Gasteiger partial charge in [0.15, 0.2) is 0 Å². The molecule has 0 heterocycles. The zero-order valence-corrected chi connectivity index (χ0v) is 6.46. The molecule has 0 aliphatic carbocycles. The van der Waals surface area contributed by atoms with Crippen molar-refractivity contribution >= 4 is 12.3 Å². The molecule has 11 heavy (non-hydrogen) atoms. The van der Waals surface area contributed by atoms with E-state index in [-0.39, 0.29) is 5.91 Å². The Bertz CT molecular complexity index is 138. The molecule has 0 aromatic heterocycles. The number of carbonyl (C=O) groups excluding carboxylic acids is 2. The van der Waals surface area contributed by atoms with Gasteiger partial charge in [-0.25, -0.2) is 0 Å². The molecule has 4 N–H and O–H groups in total. The van der Waals surface area contributed by atoms with Gasteiger partial charge in [-0.1, -0.05) is 0 Å². The summed E-state index contributed by atoms with van der Waals surface area (Å²) >= 11 is 0. The summed E-state index contributed by atoms with van der Waals surface area (Å²) in [6, 6.07) is -0.498. The molecule has 0 aliphatic rings. The maximum atomic E-state index is 10.9. The molecule has 0 fully saturated rings. The van der Waals surface area contributed by atoms with Crippen molar-refractivity contribution in [2.24, 2.45) is 5.73 Å². The van der Waals surface area contributed by atoms with Crippen LogP contribution in [0.2, 0.25) is 0 Å². The summed E-state index contributed by atoms with van der Waals surface area (Å²) in [6.45, 7) is 0.374. The maximum absolute atomic E-state index is 10.9. The summed E-state index contributed by atoms with van der Waals surface area (Å²) in [6.07, 6.45) is 0.952. The molecule has 2 amide bonds. The number of carbonyl (C=O) groups is 2. The van der Waals surface area contributed by atoms with E-state index in [0.29, 0.717) is 19.4 Å². The Morgan fingerprint density at radius 3 is 2.73 bits per heavy atom. The number of nitrogens with one attached hydrogen (secondary N) is 2. The monoisotopic (exact) mass is 159 g/mol. The molecular weight excluding hydrogens is 146 g/mol. The highest BCUT2D eigenvalue weighted by Crippen LogP contribution is 1.87. The van der Waals surface area contributed by atoms with Crippen LogP contribution in [0.1, 0.15) is 6.42 Å². The number of rotatable bonds is 5. The number of amides is 2. The zero-order chi connectivity index (χ0) is 8.69. The van der Waals surface area contributed by atoms with Crippen LogP contribution >= 0.6 is 0 Å². The van der Waals surface area contributed by atoms with E-state index in [1.54, 1.807) is 0 Å². The first kappa shape index (κ1) is 9.90. The van der Waals surface area contributed by atoms with Gasteiger partial charge in [0.25, 0.3) is 0 Å². The lowest BCUT2D eigenvalue weighted by Gasteiger charge is -2.12. The summed E-state index contributed by atoms with van der Waals surface area (Å²) in [5.41, 5.74) is 5.22. The van der Waals surface area contributed by atoms with Crippen LogP contribution in [-0.2, 0) is 9.59 Å². The van der Waals surface area contributed by atoms with Crippen LogP contribution in [0.5, 0.6) is 0 Å². The summed E-state index contributed by atoms with van der Waals surface area (Å²) in [5, 5.41) is 4.78. The largest absolute Gasteiger partial charge is 0.357 e. The second kappa shape index (κ2) is 5.67. The Kier molecular flexibility index (Phi) is 5.10. The van der Waals surface area contributed by atoms with Gasteiger partial charge in [0, 0.05) is 7.05 Å². The molecule has 0 bridgehead atoms. The van der Waals surface area contributed by atoms with Crippen LogP contribution in [0.25, 0.3) is 0 Å². The predicted octanol–water partition coefficient (Wildman–Crippen LogP) is -1.80. The smallest absolute Gasteiger partial charge is 0.242 e. The third-order valence-electron chi connectivity index (χ3n) is 1.29. The molecule has 0 spiro atoms. The van der Waals surface area contributed by atoms with Gasteiger partial charge in [-0.2, -0.15) is 0 Å². The maximum Gasteiger partial charge on any atom is 0.242 e. The SMILES string of the molecule is CNC(=O)[C@H](CCN)NC=O. The van der Waals surface area contributed by atoms with Gasteiger partial charge < -0.3 is 16.4 Å². The molecule has 0 aromatic carbocycles. The highest BCUT2D eigenvalue weighted by molar-refractivity contribution is 5.83. The van der Waals surface area contributed by atoms with Crippen molar-refractivity contribution in [3.63, 3.8) is 0 Å². The van der Waals surface area contributed by atoms with Crippen LogP contribution in [0.4, 0.5) is 0 Å². The molecule has 0 saturated carbocycles. The van der Waals surface area contributed by atoms with Gasteiger partial charge in [0.1, 0.15) is 6.04 Å². The summed E-state index contributed by atoms with van der Waals surface area (Å²) < 4.78 is 0. The fourth-order valence-electron chi connectivity index (χ4n) is 0.713. The first-order chi connectivity index (χ1) is 5.26. The minimum Gasteiger partial charge on any atom is -0.357 e. The standard InChI is InChI=1S/C6H13N3O2/c1-8-6(11)5(2-3-7)9-4-10/h4-5H,2-3,7H2,1H3,(H,8,11)(H,9,10)/t5-/m0/s1. The topological polar surface area (TPSA) is 84.2 Å². The molecule has 0 radical (unpaired) electrons. The molecule has 0 aromatic rings. The minimum absolute atomic E-state index is 0.220. The lowest BCUT2D eigenvalue weighted by atomic mass is 10.2. The molecule has 64 valence electrons. The molecule has 0 saturated heterocycles. The fraction of sp³-hybridized carbons (Fsp3) is 0.667. The molecule has 0 unspecified atom stereocenters. The van der Waals surface area contributed by atoms with Gasteiger partial charge in [0.05, 0.1) is 0 Å². The first-order valence-electron chi connectivity index (χ1n) is 3.37. The Balaban J connectivity index is 3.86. The number of hydrogen-bond donors (Lipinski definition) is 3. The van der Waals surface area contributed by atoms with Crippen molar-refractivity contribution in [1.29, 1.82) is 0 Å². The second-order valence-corrected chi connectivity index (χ2v) is 2.03. The molecular formula is C6H13N3O2. The molecule has 5 nitrogen and oxygen atoms in total. The highest BCUT2D eigenvalue weighted by Gasteiger charge is 2.13. The van der Waals surface area contributed by atoms with Gasteiger partial charge in [-0.3, -0.25) is 9.59 Å². The molecule has 5 heteroatoms. The van der Waals surface area contributed by atoms with Crippen molar-refractivity contribution in [2.75, 3.05) is 13.6 Å². The van der Waals surface area contributed by atoms with Crippen LogP contribution < -0.4 is 16.4 Å². The van der Waals surface area contributed by atoms with E-state index in [2.05, 4.69) is 10.6 Å². The van der Waals surface area contributed by atoms with E-state index >= 15 is 0 Å². The quantitative estimate of drug-likeness (QED) is 0.414. The molecule has 0 rings (SSSR count). The second-order valence-electron chi connectivity index (χ2n) is 2.03. The highest BCUT2D eigenvalue weighted by atomic mass is 16.2. The van der Waals surface area contributed by atoms with Gasteiger partial charge in [-0.05, 0) is 13.0 Å². The average Bonchev–Trinajstić information content (AvgIpc) is 2.03. The average molecular weight is 159 g/mol. The van der Waals surface area contributed by atoms with E-state index in [9.17, 15) is 9.59 Å². The van der Waals surface area contributed by atoms with E-state index in [4.69, 9.17) is 5.73 Å². The van der Waals surface area contributed by atoms with E-state index in [1.165, 1.54) is 7.05 Å². The number of nitrogens with two attached hydrogens (primary N) is 1. The Labute approximate surface area is 65.3 Å². The van der Waals surface area contributed by atoms with Crippen molar-refractivity contribution < 1.29 is 9.59 Å².